The molecule has 1 saturated carbocycles. The molecule has 5 nitrogen and oxygen atoms in total. The summed E-state index contributed by atoms with van der Waals surface area (Å²) in [6, 6.07) is 10.7. The van der Waals surface area contributed by atoms with Gasteiger partial charge in [-0.15, -0.1) is 0 Å². The molecule has 1 aliphatic carbocycles. The molecule has 0 saturated heterocycles. The Labute approximate surface area is 149 Å². The van der Waals surface area contributed by atoms with Crippen LogP contribution in [0.1, 0.15) is 48.7 Å². The molecule has 1 aliphatic rings. The number of aryl methyl sites for hydroxylation is 2. The van der Waals surface area contributed by atoms with Gasteiger partial charge in [-0.25, -0.2) is 0 Å². The van der Waals surface area contributed by atoms with Crippen molar-refractivity contribution in [2.75, 3.05) is 11.9 Å². The molecule has 0 aliphatic heterocycles. The summed E-state index contributed by atoms with van der Waals surface area (Å²) in [6.45, 7) is 4.19. The lowest BCUT2D eigenvalue weighted by molar-refractivity contribution is -0.115. The number of nitrogens with zero attached hydrogens (tertiary/aromatic N) is 2. The highest BCUT2D eigenvalue weighted by molar-refractivity contribution is 5.93. The Balaban J connectivity index is 1.65. The standard InChI is InChI=1S/C20H28N4O/c1-14-19(15(2)24(3)23-14)22-18(25)13-21-20(17-11-7-8-12-17)16-9-5-4-6-10-16/h4-6,9-10,17,20-21H,7-8,11-13H2,1-3H3,(H,22,25)/t20-/m1/s1. The average molecular weight is 340 g/mol. The van der Waals surface area contributed by atoms with Gasteiger partial charge in [0.15, 0.2) is 0 Å². The third kappa shape index (κ3) is 4.10. The van der Waals surface area contributed by atoms with E-state index in [0.29, 0.717) is 12.5 Å². The first-order chi connectivity index (χ1) is 12.1. The van der Waals surface area contributed by atoms with Crippen LogP contribution in [0.5, 0.6) is 0 Å². The molecular formula is C20H28N4O. The van der Waals surface area contributed by atoms with E-state index >= 15 is 0 Å². The van der Waals surface area contributed by atoms with Crippen LogP contribution in [0.25, 0.3) is 0 Å². The molecule has 0 bridgehead atoms. The maximum absolute atomic E-state index is 12.5. The number of carbonyl (C=O) groups excluding carboxylic acids is 1. The molecule has 0 unspecified atom stereocenters. The molecule has 2 N–H and O–H groups in total. The van der Waals surface area contributed by atoms with Crippen molar-refractivity contribution < 1.29 is 4.79 Å². The number of benzene rings is 1. The smallest absolute Gasteiger partial charge is 0.238 e. The topological polar surface area (TPSA) is 59.0 Å². The highest BCUT2D eigenvalue weighted by Gasteiger charge is 2.26. The minimum absolute atomic E-state index is 0.0156. The van der Waals surface area contributed by atoms with E-state index in [1.165, 1.54) is 31.2 Å². The van der Waals surface area contributed by atoms with E-state index in [1.54, 1.807) is 4.68 Å². The minimum atomic E-state index is -0.0156. The van der Waals surface area contributed by atoms with Crippen LogP contribution in [0.4, 0.5) is 5.69 Å². The lowest BCUT2D eigenvalue weighted by Crippen LogP contribution is -2.34. The van der Waals surface area contributed by atoms with E-state index in [0.717, 1.165) is 17.1 Å². The predicted octanol–water partition coefficient (Wildman–Crippen LogP) is 3.50. The molecule has 1 atom stereocenters. The van der Waals surface area contributed by atoms with Gasteiger partial charge >= 0.3 is 0 Å². The molecule has 1 heterocycles. The number of rotatable bonds is 6. The second kappa shape index (κ2) is 7.83. The van der Waals surface area contributed by atoms with Crippen molar-refractivity contribution >= 4 is 11.6 Å². The minimum Gasteiger partial charge on any atom is -0.322 e. The molecule has 0 radical (unpaired) electrons. The van der Waals surface area contributed by atoms with E-state index in [1.807, 2.05) is 27.0 Å². The lowest BCUT2D eigenvalue weighted by Gasteiger charge is -2.25. The first-order valence-corrected chi connectivity index (χ1v) is 9.14. The van der Waals surface area contributed by atoms with E-state index in [-0.39, 0.29) is 11.9 Å². The first kappa shape index (κ1) is 17.7. The normalized spacial score (nSPS) is 16.1. The maximum Gasteiger partial charge on any atom is 0.238 e. The highest BCUT2D eigenvalue weighted by atomic mass is 16.1. The fourth-order valence-electron chi connectivity index (χ4n) is 3.85. The molecule has 25 heavy (non-hydrogen) atoms. The summed E-state index contributed by atoms with van der Waals surface area (Å²) in [6.07, 6.45) is 5.04. The second-order valence-corrected chi connectivity index (χ2v) is 7.03. The zero-order chi connectivity index (χ0) is 17.8. The van der Waals surface area contributed by atoms with Crippen molar-refractivity contribution in [3.05, 3.63) is 47.3 Å². The van der Waals surface area contributed by atoms with Gasteiger partial charge in [-0.3, -0.25) is 9.48 Å². The monoisotopic (exact) mass is 340 g/mol. The van der Waals surface area contributed by atoms with Gasteiger partial charge in [0.25, 0.3) is 0 Å². The predicted molar refractivity (Wildman–Crippen MR) is 100 cm³/mol. The summed E-state index contributed by atoms with van der Waals surface area (Å²) in [5.74, 6) is 0.593. The van der Waals surface area contributed by atoms with Crippen molar-refractivity contribution in [2.24, 2.45) is 13.0 Å². The molecule has 1 fully saturated rings. The summed E-state index contributed by atoms with van der Waals surface area (Å²) in [4.78, 5) is 12.5. The summed E-state index contributed by atoms with van der Waals surface area (Å²) in [7, 11) is 1.89. The van der Waals surface area contributed by atoms with Crippen LogP contribution in [-0.2, 0) is 11.8 Å². The van der Waals surface area contributed by atoms with Gasteiger partial charge in [-0.05, 0) is 38.2 Å². The van der Waals surface area contributed by atoms with Gasteiger partial charge in [-0.2, -0.15) is 5.10 Å². The van der Waals surface area contributed by atoms with Gasteiger partial charge in [0.1, 0.15) is 0 Å². The molecule has 2 aromatic rings. The van der Waals surface area contributed by atoms with Crippen molar-refractivity contribution in [1.29, 1.82) is 0 Å². The van der Waals surface area contributed by atoms with Crippen LogP contribution in [0, 0.1) is 19.8 Å². The van der Waals surface area contributed by atoms with Crippen LogP contribution in [0.2, 0.25) is 0 Å². The zero-order valence-corrected chi connectivity index (χ0v) is 15.4. The summed E-state index contributed by atoms with van der Waals surface area (Å²) in [5.41, 5.74) is 3.92. The lowest BCUT2D eigenvalue weighted by atomic mass is 9.91. The maximum atomic E-state index is 12.5. The number of anilines is 1. The van der Waals surface area contributed by atoms with E-state index < -0.39 is 0 Å². The molecule has 0 spiro atoms. The molecule has 5 heteroatoms. The van der Waals surface area contributed by atoms with Crippen LogP contribution in [0.15, 0.2) is 30.3 Å². The fourth-order valence-corrected chi connectivity index (χ4v) is 3.85. The Hall–Kier alpha value is -2.14. The Bertz CT molecular complexity index is 717. The van der Waals surface area contributed by atoms with Gasteiger partial charge in [0, 0.05) is 13.1 Å². The van der Waals surface area contributed by atoms with Gasteiger partial charge < -0.3 is 10.6 Å². The first-order valence-electron chi connectivity index (χ1n) is 9.14. The van der Waals surface area contributed by atoms with Gasteiger partial charge in [-0.1, -0.05) is 43.2 Å². The van der Waals surface area contributed by atoms with E-state index in [2.05, 4.69) is 40.0 Å². The zero-order valence-electron chi connectivity index (χ0n) is 15.4. The van der Waals surface area contributed by atoms with Crippen LogP contribution < -0.4 is 10.6 Å². The molecular weight excluding hydrogens is 312 g/mol. The summed E-state index contributed by atoms with van der Waals surface area (Å²) in [5, 5.41) is 10.9. The van der Waals surface area contributed by atoms with Crippen LogP contribution in [-0.4, -0.2) is 22.2 Å². The molecule has 1 aromatic heterocycles. The number of hydrogen-bond acceptors (Lipinski definition) is 3. The number of hydrogen-bond donors (Lipinski definition) is 2. The quantitative estimate of drug-likeness (QED) is 0.846. The summed E-state index contributed by atoms with van der Waals surface area (Å²) >= 11 is 0. The van der Waals surface area contributed by atoms with E-state index in [4.69, 9.17) is 0 Å². The van der Waals surface area contributed by atoms with Gasteiger partial charge in [0.2, 0.25) is 5.91 Å². The van der Waals surface area contributed by atoms with E-state index in [9.17, 15) is 4.79 Å². The Morgan fingerprint density at radius 2 is 1.92 bits per heavy atom. The third-order valence-electron chi connectivity index (χ3n) is 5.29. The average Bonchev–Trinajstić information content (AvgIpc) is 3.21. The number of nitrogens with one attached hydrogen (secondary N) is 2. The fraction of sp³-hybridized carbons (Fsp3) is 0.500. The molecule has 134 valence electrons. The molecule has 1 aromatic carbocycles. The largest absolute Gasteiger partial charge is 0.322 e. The van der Waals surface area contributed by atoms with Crippen molar-refractivity contribution in [3.63, 3.8) is 0 Å². The molecule has 1 amide bonds. The number of carbonyl (C=O) groups is 1. The van der Waals surface area contributed by atoms with Gasteiger partial charge in [0.05, 0.1) is 23.6 Å². The number of aromatic nitrogens is 2. The highest BCUT2D eigenvalue weighted by Crippen LogP contribution is 2.35. The third-order valence-corrected chi connectivity index (χ3v) is 5.29. The second-order valence-electron chi connectivity index (χ2n) is 7.03. The van der Waals surface area contributed by atoms with Crippen molar-refractivity contribution in [1.82, 2.24) is 15.1 Å². The SMILES string of the molecule is Cc1nn(C)c(C)c1NC(=O)CN[C@H](c1ccccc1)C1CCCC1. The summed E-state index contributed by atoms with van der Waals surface area (Å²) < 4.78 is 1.80. The van der Waals surface area contributed by atoms with Crippen molar-refractivity contribution in [3.8, 4) is 0 Å². The molecule has 3 rings (SSSR count). The van der Waals surface area contributed by atoms with Crippen molar-refractivity contribution in [2.45, 2.75) is 45.6 Å². The van der Waals surface area contributed by atoms with Crippen LogP contribution in [0.3, 0.4) is 0 Å². The number of amides is 1. The Morgan fingerprint density at radius 1 is 1.24 bits per heavy atom. The Kier molecular flexibility index (Phi) is 5.53. The van der Waals surface area contributed by atoms with Crippen LogP contribution >= 0.6 is 0 Å². The Morgan fingerprint density at radius 3 is 2.52 bits per heavy atom.